The third kappa shape index (κ3) is 2.51. The Labute approximate surface area is 87.5 Å². The number of methoxy groups -OCH3 is 1. The molecule has 82 valence electrons. The summed E-state index contributed by atoms with van der Waals surface area (Å²) >= 11 is 0. The first-order valence-electron chi connectivity index (χ1n) is 4.52. The van der Waals surface area contributed by atoms with Crippen LogP contribution in [0, 0.1) is 10.1 Å². The first kappa shape index (κ1) is 11.6. The van der Waals surface area contributed by atoms with Crippen LogP contribution < -0.4 is 0 Å². The van der Waals surface area contributed by atoms with Gasteiger partial charge in [0.1, 0.15) is 0 Å². The van der Waals surface area contributed by atoms with Gasteiger partial charge in [-0.3, -0.25) is 10.1 Å². The summed E-state index contributed by atoms with van der Waals surface area (Å²) in [6.07, 6.45) is -0.0689. The number of ether oxygens (including phenoxy) is 1. The molecular formula is C10H13NO4. The van der Waals surface area contributed by atoms with E-state index in [0.717, 1.165) is 0 Å². The summed E-state index contributed by atoms with van der Waals surface area (Å²) in [5, 5.41) is 20.7. The highest BCUT2D eigenvalue weighted by atomic mass is 16.7. The van der Waals surface area contributed by atoms with Gasteiger partial charge in [-0.25, -0.2) is 0 Å². The lowest BCUT2D eigenvalue weighted by atomic mass is 10.0. The summed E-state index contributed by atoms with van der Waals surface area (Å²) in [5.74, 6) is 0. The van der Waals surface area contributed by atoms with Crippen molar-refractivity contribution in [3.05, 3.63) is 46.0 Å². The molecule has 1 N–H and O–H groups in total. The molecule has 0 fully saturated rings. The molecule has 0 amide bonds. The molecule has 1 aromatic carbocycles. The quantitative estimate of drug-likeness (QED) is 0.450. The summed E-state index contributed by atoms with van der Waals surface area (Å²) in [6, 6.07) is 8.09. The molecule has 1 atom stereocenters. The van der Waals surface area contributed by atoms with Crippen molar-refractivity contribution in [3.8, 4) is 0 Å². The zero-order valence-electron chi connectivity index (χ0n) is 8.42. The summed E-state index contributed by atoms with van der Waals surface area (Å²) in [6.45, 7) is 0.131. The van der Waals surface area contributed by atoms with Gasteiger partial charge in [-0.1, -0.05) is 18.2 Å². The Balaban J connectivity index is 2.96. The summed E-state index contributed by atoms with van der Waals surface area (Å²) in [4.78, 5) is 10.1. The van der Waals surface area contributed by atoms with Crippen molar-refractivity contribution in [2.45, 2.75) is 12.1 Å². The van der Waals surface area contributed by atoms with E-state index >= 15 is 0 Å². The van der Waals surface area contributed by atoms with Crippen LogP contribution >= 0.6 is 0 Å². The smallest absolute Gasteiger partial charge is 0.351 e. The highest BCUT2D eigenvalue weighted by molar-refractivity contribution is 5.19. The highest BCUT2D eigenvalue weighted by Gasteiger charge is 2.41. The molecule has 15 heavy (non-hydrogen) atoms. The molecule has 0 spiro atoms. The van der Waals surface area contributed by atoms with E-state index in [2.05, 4.69) is 0 Å². The van der Waals surface area contributed by atoms with Crippen LogP contribution in [0.25, 0.3) is 0 Å². The van der Waals surface area contributed by atoms with Gasteiger partial charge in [0, 0.05) is 7.11 Å². The molecule has 0 aliphatic carbocycles. The fourth-order valence-corrected chi connectivity index (χ4v) is 1.29. The van der Waals surface area contributed by atoms with Gasteiger partial charge in [0.05, 0.1) is 23.5 Å². The van der Waals surface area contributed by atoms with Gasteiger partial charge in [-0.15, -0.1) is 0 Å². The monoisotopic (exact) mass is 211 g/mol. The lowest BCUT2D eigenvalue weighted by Gasteiger charge is -2.18. The molecule has 1 aromatic rings. The van der Waals surface area contributed by atoms with E-state index in [1.165, 1.54) is 19.2 Å². The molecule has 0 heterocycles. The lowest BCUT2D eigenvalue weighted by molar-refractivity contribution is -0.638. The van der Waals surface area contributed by atoms with Crippen molar-refractivity contribution < 1.29 is 14.8 Å². The van der Waals surface area contributed by atoms with E-state index in [-0.39, 0.29) is 18.6 Å². The van der Waals surface area contributed by atoms with E-state index in [1.807, 2.05) is 0 Å². The first-order chi connectivity index (χ1) is 7.11. The van der Waals surface area contributed by atoms with Crippen LogP contribution in [0.2, 0.25) is 0 Å². The van der Waals surface area contributed by atoms with Crippen molar-refractivity contribution in [1.82, 2.24) is 0 Å². The zero-order chi connectivity index (χ0) is 11.3. The highest BCUT2D eigenvalue weighted by Crippen LogP contribution is 2.25. The third-order valence-electron chi connectivity index (χ3n) is 2.19. The van der Waals surface area contributed by atoms with Crippen molar-refractivity contribution in [3.63, 3.8) is 0 Å². The van der Waals surface area contributed by atoms with Gasteiger partial charge in [0.2, 0.25) is 0 Å². The Morgan fingerprint density at radius 1 is 1.47 bits per heavy atom. The van der Waals surface area contributed by atoms with Crippen LogP contribution in [0.5, 0.6) is 0 Å². The van der Waals surface area contributed by atoms with Crippen molar-refractivity contribution in [1.29, 1.82) is 0 Å². The average Bonchev–Trinajstić information content (AvgIpc) is 2.27. The number of rotatable bonds is 5. The fourth-order valence-electron chi connectivity index (χ4n) is 1.29. The van der Waals surface area contributed by atoms with Gasteiger partial charge in [-0.2, -0.15) is 0 Å². The van der Waals surface area contributed by atoms with Gasteiger partial charge in [-0.05, 0) is 12.1 Å². The van der Waals surface area contributed by atoms with Gasteiger partial charge in [0.25, 0.3) is 0 Å². The SMILES string of the molecule is COCCC(O)(c1ccccc1)[N+](=O)[O-]. The molecule has 0 saturated carbocycles. The van der Waals surface area contributed by atoms with Gasteiger partial charge < -0.3 is 9.84 Å². The Hall–Kier alpha value is -1.46. The first-order valence-corrected chi connectivity index (χ1v) is 4.52. The van der Waals surface area contributed by atoms with Crippen LogP contribution in [-0.2, 0) is 10.5 Å². The number of nitrogens with zero attached hydrogens (tertiary/aromatic N) is 1. The third-order valence-corrected chi connectivity index (χ3v) is 2.19. The van der Waals surface area contributed by atoms with E-state index in [4.69, 9.17) is 4.74 Å². The lowest BCUT2D eigenvalue weighted by Crippen LogP contribution is -2.36. The van der Waals surface area contributed by atoms with E-state index in [1.54, 1.807) is 18.2 Å². The second-order valence-corrected chi connectivity index (χ2v) is 3.18. The van der Waals surface area contributed by atoms with E-state index in [0.29, 0.717) is 0 Å². The topological polar surface area (TPSA) is 72.6 Å². The van der Waals surface area contributed by atoms with Crippen molar-refractivity contribution in [2.75, 3.05) is 13.7 Å². The standard InChI is InChI=1S/C10H13NO4/c1-15-8-7-10(12,11(13)14)9-5-3-2-4-6-9/h2-6,12H,7-8H2,1H3. The Morgan fingerprint density at radius 2 is 2.07 bits per heavy atom. The predicted octanol–water partition coefficient (Wildman–Crippen LogP) is 1.14. The molecule has 0 radical (unpaired) electrons. The minimum Gasteiger partial charge on any atom is -0.384 e. The van der Waals surface area contributed by atoms with Gasteiger partial charge >= 0.3 is 5.72 Å². The minimum atomic E-state index is -2.06. The van der Waals surface area contributed by atoms with Gasteiger partial charge in [0.15, 0.2) is 0 Å². The molecule has 0 aliphatic rings. The maximum atomic E-state index is 10.8. The predicted molar refractivity (Wildman–Crippen MR) is 53.8 cm³/mol. The molecule has 0 aliphatic heterocycles. The van der Waals surface area contributed by atoms with Crippen LogP contribution in [-0.4, -0.2) is 23.7 Å². The molecule has 0 saturated heterocycles. The minimum absolute atomic E-state index is 0.0689. The second-order valence-electron chi connectivity index (χ2n) is 3.18. The Kier molecular flexibility index (Phi) is 3.76. The Bertz CT molecular complexity index is 327. The molecule has 1 rings (SSSR count). The van der Waals surface area contributed by atoms with Crippen LogP contribution in [0.1, 0.15) is 12.0 Å². The summed E-state index contributed by atoms with van der Waals surface area (Å²) < 4.78 is 4.74. The molecule has 1 unspecified atom stereocenters. The molecule has 0 aromatic heterocycles. The maximum absolute atomic E-state index is 10.8. The Morgan fingerprint density at radius 3 is 2.53 bits per heavy atom. The normalized spacial score (nSPS) is 14.5. The molecule has 5 heteroatoms. The largest absolute Gasteiger partial charge is 0.384 e. The van der Waals surface area contributed by atoms with Crippen molar-refractivity contribution >= 4 is 0 Å². The van der Waals surface area contributed by atoms with Crippen LogP contribution in [0.15, 0.2) is 30.3 Å². The van der Waals surface area contributed by atoms with Crippen LogP contribution in [0.4, 0.5) is 0 Å². The fraction of sp³-hybridized carbons (Fsp3) is 0.400. The average molecular weight is 211 g/mol. The number of nitro groups is 1. The second kappa shape index (κ2) is 4.86. The van der Waals surface area contributed by atoms with Crippen LogP contribution in [0.3, 0.4) is 0 Å². The van der Waals surface area contributed by atoms with E-state index < -0.39 is 10.6 Å². The number of hydrogen-bond donors (Lipinski definition) is 1. The zero-order valence-corrected chi connectivity index (χ0v) is 8.42. The maximum Gasteiger partial charge on any atom is 0.351 e. The number of aliphatic hydroxyl groups is 1. The summed E-state index contributed by atoms with van der Waals surface area (Å²) in [7, 11) is 1.44. The molecule has 0 bridgehead atoms. The number of hydrogen-bond acceptors (Lipinski definition) is 4. The van der Waals surface area contributed by atoms with Crippen molar-refractivity contribution in [2.24, 2.45) is 0 Å². The number of benzene rings is 1. The summed E-state index contributed by atoms with van der Waals surface area (Å²) in [5.41, 5.74) is -1.79. The van der Waals surface area contributed by atoms with E-state index in [9.17, 15) is 15.2 Å². The molecular weight excluding hydrogens is 198 g/mol. The molecule has 5 nitrogen and oxygen atoms in total.